The maximum atomic E-state index is 11.0. The van der Waals surface area contributed by atoms with Gasteiger partial charge in [-0.25, -0.2) is 9.78 Å². The number of carboxylic acid groups (broad SMARTS) is 1. The van der Waals surface area contributed by atoms with Crippen molar-refractivity contribution in [3.05, 3.63) is 35.0 Å². The van der Waals surface area contributed by atoms with E-state index in [0.717, 1.165) is 11.7 Å². The zero-order valence-electron chi connectivity index (χ0n) is 10.4. The Bertz CT molecular complexity index is 851. The summed E-state index contributed by atoms with van der Waals surface area (Å²) in [7, 11) is 0. The molecule has 0 bridgehead atoms. The Morgan fingerprint density at radius 1 is 1.29 bits per heavy atom. The lowest BCUT2D eigenvalue weighted by Gasteiger charge is -2.10. The van der Waals surface area contributed by atoms with Crippen molar-refractivity contribution in [1.29, 1.82) is 0 Å². The maximum Gasteiger partial charge on any atom is 0.354 e. The Labute approximate surface area is 127 Å². The molecule has 0 unspecified atom stereocenters. The molecule has 0 fully saturated rings. The first-order chi connectivity index (χ1) is 10.1. The highest BCUT2D eigenvalue weighted by Crippen LogP contribution is 2.33. The molecule has 0 radical (unpaired) electrons. The number of nitrogen functional groups attached to an aromatic ring is 1. The van der Waals surface area contributed by atoms with Crippen molar-refractivity contribution in [2.45, 2.75) is 0 Å². The largest absolute Gasteiger partial charge is 0.477 e. The van der Waals surface area contributed by atoms with Crippen LogP contribution in [0.4, 0.5) is 17.2 Å². The number of nitrogens with two attached hydrogens (primary N) is 1. The molecule has 0 saturated carbocycles. The van der Waals surface area contributed by atoms with Crippen LogP contribution in [-0.4, -0.2) is 24.8 Å². The van der Waals surface area contributed by atoms with E-state index in [-0.39, 0.29) is 11.5 Å². The van der Waals surface area contributed by atoms with E-state index in [0.29, 0.717) is 27.4 Å². The van der Waals surface area contributed by atoms with Crippen LogP contribution in [0.2, 0.25) is 5.02 Å². The Morgan fingerprint density at radius 2 is 2.10 bits per heavy atom. The fourth-order valence-electron chi connectivity index (χ4n) is 1.75. The standard InChI is InChI=1S/C12H8ClN5O2S/c13-5-1-3-7-10(18-21-17-7)9(5)16-11-6(14)2-4-8(15-11)12(19)20/h1-4H,14H2,(H,15,16)(H,19,20). The number of carboxylic acids is 1. The summed E-state index contributed by atoms with van der Waals surface area (Å²) >= 11 is 7.21. The van der Waals surface area contributed by atoms with Crippen molar-refractivity contribution in [2.75, 3.05) is 11.1 Å². The lowest BCUT2D eigenvalue weighted by atomic mass is 10.2. The van der Waals surface area contributed by atoms with Gasteiger partial charge in [0.1, 0.15) is 11.0 Å². The van der Waals surface area contributed by atoms with Crippen LogP contribution in [0.5, 0.6) is 0 Å². The zero-order chi connectivity index (χ0) is 15.0. The number of rotatable bonds is 3. The third-order valence-corrected chi connectivity index (χ3v) is 3.62. The minimum atomic E-state index is -1.14. The number of hydrogen-bond donors (Lipinski definition) is 3. The van der Waals surface area contributed by atoms with Crippen molar-refractivity contribution in [3.8, 4) is 0 Å². The number of aromatic nitrogens is 3. The van der Waals surface area contributed by atoms with Crippen molar-refractivity contribution in [1.82, 2.24) is 13.7 Å². The van der Waals surface area contributed by atoms with Gasteiger partial charge in [-0.3, -0.25) is 0 Å². The topological polar surface area (TPSA) is 114 Å². The predicted octanol–water partition coefficient (Wildman–Crippen LogP) is 2.76. The van der Waals surface area contributed by atoms with Gasteiger partial charge in [-0.1, -0.05) is 11.6 Å². The number of hydrogen-bond acceptors (Lipinski definition) is 7. The van der Waals surface area contributed by atoms with E-state index in [9.17, 15) is 4.79 Å². The van der Waals surface area contributed by atoms with E-state index in [1.54, 1.807) is 12.1 Å². The van der Waals surface area contributed by atoms with Gasteiger partial charge < -0.3 is 16.2 Å². The number of carbonyl (C=O) groups is 1. The van der Waals surface area contributed by atoms with E-state index < -0.39 is 5.97 Å². The molecule has 2 aromatic heterocycles. The number of fused-ring (bicyclic) bond motifs is 1. The average molecular weight is 322 g/mol. The number of nitrogens with zero attached hydrogens (tertiary/aromatic N) is 3. The SMILES string of the molecule is Nc1ccc(C(=O)O)nc1Nc1c(Cl)ccc2nsnc12. The maximum absolute atomic E-state index is 11.0. The first kappa shape index (κ1) is 13.5. The highest BCUT2D eigenvalue weighted by atomic mass is 35.5. The normalized spacial score (nSPS) is 10.7. The number of halogens is 1. The molecule has 0 amide bonds. The van der Waals surface area contributed by atoms with E-state index in [4.69, 9.17) is 22.4 Å². The molecule has 2 heterocycles. The Morgan fingerprint density at radius 3 is 2.86 bits per heavy atom. The monoisotopic (exact) mass is 321 g/mol. The summed E-state index contributed by atoms with van der Waals surface area (Å²) < 4.78 is 8.28. The lowest BCUT2D eigenvalue weighted by molar-refractivity contribution is 0.0690. The van der Waals surface area contributed by atoms with Crippen LogP contribution < -0.4 is 11.1 Å². The fraction of sp³-hybridized carbons (Fsp3) is 0. The summed E-state index contributed by atoms with van der Waals surface area (Å²) in [6.45, 7) is 0. The van der Waals surface area contributed by atoms with Crippen LogP contribution in [0.3, 0.4) is 0 Å². The third-order valence-electron chi connectivity index (χ3n) is 2.77. The number of pyridine rings is 1. The van der Waals surface area contributed by atoms with Crippen LogP contribution in [0.1, 0.15) is 10.5 Å². The second-order valence-electron chi connectivity index (χ2n) is 4.12. The van der Waals surface area contributed by atoms with Crippen molar-refractivity contribution in [3.63, 3.8) is 0 Å². The highest BCUT2D eigenvalue weighted by molar-refractivity contribution is 7.00. The molecule has 0 spiro atoms. The highest BCUT2D eigenvalue weighted by Gasteiger charge is 2.14. The van der Waals surface area contributed by atoms with Gasteiger partial charge in [0.05, 0.1) is 28.1 Å². The molecule has 9 heteroatoms. The van der Waals surface area contributed by atoms with Gasteiger partial charge in [0.15, 0.2) is 11.5 Å². The molecule has 0 atom stereocenters. The van der Waals surface area contributed by atoms with Crippen LogP contribution in [-0.2, 0) is 0 Å². The van der Waals surface area contributed by atoms with Gasteiger partial charge in [0.2, 0.25) is 0 Å². The summed E-state index contributed by atoms with van der Waals surface area (Å²) in [6.07, 6.45) is 0. The second kappa shape index (κ2) is 5.15. The first-order valence-corrected chi connectivity index (χ1v) is 6.84. The Hall–Kier alpha value is -2.45. The van der Waals surface area contributed by atoms with Crippen LogP contribution in [0.15, 0.2) is 24.3 Å². The molecule has 0 saturated heterocycles. The van der Waals surface area contributed by atoms with Crippen LogP contribution in [0.25, 0.3) is 11.0 Å². The van der Waals surface area contributed by atoms with Crippen molar-refractivity contribution in [2.24, 2.45) is 0 Å². The van der Waals surface area contributed by atoms with Crippen LogP contribution >= 0.6 is 23.3 Å². The molecule has 106 valence electrons. The smallest absolute Gasteiger partial charge is 0.354 e. The van der Waals surface area contributed by atoms with Gasteiger partial charge in [0.25, 0.3) is 0 Å². The molecular formula is C12H8ClN5O2S. The molecule has 21 heavy (non-hydrogen) atoms. The van der Waals surface area contributed by atoms with Crippen molar-refractivity contribution < 1.29 is 9.90 Å². The Balaban J connectivity index is 2.10. The van der Waals surface area contributed by atoms with Crippen molar-refractivity contribution >= 4 is 57.5 Å². The number of benzene rings is 1. The number of nitrogens with one attached hydrogen (secondary N) is 1. The van der Waals surface area contributed by atoms with Gasteiger partial charge in [-0.05, 0) is 24.3 Å². The van der Waals surface area contributed by atoms with E-state index in [1.165, 1.54) is 12.1 Å². The third kappa shape index (κ3) is 2.46. The molecule has 1 aromatic carbocycles. The number of aromatic carboxylic acids is 1. The first-order valence-electron chi connectivity index (χ1n) is 5.74. The predicted molar refractivity (Wildman–Crippen MR) is 81.3 cm³/mol. The fourth-order valence-corrected chi connectivity index (χ4v) is 2.50. The number of anilines is 3. The molecular weight excluding hydrogens is 314 g/mol. The molecule has 3 rings (SSSR count). The lowest BCUT2D eigenvalue weighted by Crippen LogP contribution is -2.06. The molecule has 0 aliphatic heterocycles. The molecule has 7 nitrogen and oxygen atoms in total. The zero-order valence-corrected chi connectivity index (χ0v) is 11.9. The van der Waals surface area contributed by atoms with Crippen LogP contribution in [0, 0.1) is 0 Å². The van der Waals surface area contributed by atoms with E-state index in [1.807, 2.05) is 0 Å². The van der Waals surface area contributed by atoms with Gasteiger partial charge in [-0.15, -0.1) is 0 Å². The van der Waals surface area contributed by atoms with E-state index >= 15 is 0 Å². The molecule has 3 aromatic rings. The summed E-state index contributed by atoms with van der Waals surface area (Å²) in [5.74, 6) is -0.935. The Kier molecular flexibility index (Phi) is 3.32. The van der Waals surface area contributed by atoms with Gasteiger partial charge >= 0.3 is 5.97 Å². The molecule has 0 aliphatic carbocycles. The molecule has 0 aliphatic rings. The second-order valence-corrected chi connectivity index (χ2v) is 5.05. The minimum Gasteiger partial charge on any atom is -0.477 e. The minimum absolute atomic E-state index is 0.119. The quantitative estimate of drug-likeness (QED) is 0.679. The van der Waals surface area contributed by atoms with Gasteiger partial charge in [-0.2, -0.15) is 8.75 Å². The van der Waals surface area contributed by atoms with Gasteiger partial charge in [0, 0.05) is 0 Å². The molecule has 4 N–H and O–H groups in total. The summed E-state index contributed by atoms with van der Waals surface area (Å²) in [4.78, 5) is 14.9. The summed E-state index contributed by atoms with van der Waals surface area (Å²) in [5.41, 5.74) is 7.74. The summed E-state index contributed by atoms with van der Waals surface area (Å²) in [6, 6.07) is 6.21. The summed E-state index contributed by atoms with van der Waals surface area (Å²) in [5, 5.41) is 12.3. The van der Waals surface area contributed by atoms with E-state index in [2.05, 4.69) is 19.0 Å². The average Bonchev–Trinajstić information content (AvgIpc) is 2.92.